The molecule has 0 saturated carbocycles. The van der Waals surface area contributed by atoms with Crippen molar-refractivity contribution in [1.82, 2.24) is 24.6 Å². The maximum absolute atomic E-state index is 12.6. The number of carbonyl (C=O) groups is 2. The Kier molecular flexibility index (Phi) is 3.78. The predicted octanol–water partition coefficient (Wildman–Crippen LogP) is 1.58. The number of benzene rings is 1. The van der Waals surface area contributed by atoms with E-state index in [1.54, 1.807) is 18.9 Å². The van der Waals surface area contributed by atoms with Gasteiger partial charge in [0.15, 0.2) is 5.82 Å². The van der Waals surface area contributed by atoms with Crippen LogP contribution in [0.2, 0.25) is 0 Å². The number of likely N-dealkylation sites (tertiary alicyclic amines) is 1. The third-order valence-corrected chi connectivity index (χ3v) is 5.09. The Bertz CT molecular complexity index is 844. The van der Waals surface area contributed by atoms with Crippen molar-refractivity contribution in [3.8, 4) is 5.69 Å². The number of fused-ring (bicyclic) bond motifs is 3. The fourth-order valence-corrected chi connectivity index (χ4v) is 3.77. The van der Waals surface area contributed by atoms with Crippen molar-refractivity contribution < 1.29 is 9.59 Å². The summed E-state index contributed by atoms with van der Waals surface area (Å²) in [5.74, 6) is 1.81. The second-order valence-corrected chi connectivity index (χ2v) is 6.79. The van der Waals surface area contributed by atoms with E-state index in [4.69, 9.17) is 0 Å². The highest BCUT2D eigenvalue weighted by Gasteiger charge is 2.32. The zero-order valence-electron chi connectivity index (χ0n) is 14.5. The molecule has 1 fully saturated rings. The van der Waals surface area contributed by atoms with Crippen LogP contribution in [0.5, 0.6) is 0 Å². The van der Waals surface area contributed by atoms with E-state index in [0.717, 1.165) is 36.7 Å². The Morgan fingerprint density at radius 3 is 2.84 bits per heavy atom. The number of hydrogen-bond acceptors (Lipinski definition) is 4. The highest BCUT2D eigenvalue weighted by Crippen LogP contribution is 2.31. The molecule has 130 valence electrons. The minimum absolute atomic E-state index is 0.0129. The van der Waals surface area contributed by atoms with Crippen LogP contribution in [0.25, 0.3) is 5.69 Å². The van der Waals surface area contributed by atoms with Crippen molar-refractivity contribution in [2.24, 2.45) is 0 Å². The van der Waals surface area contributed by atoms with E-state index < -0.39 is 0 Å². The Labute approximate surface area is 146 Å². The maximum Gasteiger partial charge on any atom is 0.256 e. The first-order valence-corrected chi connectivity index (χ1v) is 8.61. The Balaban J connectivity index is 1.81. The number of rotatable bonds is 1. The van der Waals surface area contributed by atoms with Gasteiger partial charge in [-0.15, -0.1) is 10.2 Å². The quantitative estimate of drug-likeness (QED) is 0.791. The zero-order chi connectivity index (χ0) is 17.6. The summed E-state index contributed by atoms with van der Waals surface area (Å²) < 4.78 is 2.02. The zero-order valence-corrected chi connectivity index (χ0v) is 14.5. The topological polar surface area (TPSA) is 71.3 Å². The summed E-state index contributed by atoms with van der Waals surface area (Å²) in [5, 5.41) is 8.81. The molecule has 25 heavy (non-hydrogen) atoms. The average Bonchev–Trinajstić information content (AvgIpc) is 3.00. The highest BCUT2D eigenvalue weighted by atomic mass is 16.2. The van der Waals surface area contributed by atoms with Crippen LogP contribution >= 0.6 is 0 Å². The molecule has 0 radical (unpaired) electrons. The van der Waals surface area contributed by atoms with E-state index in [2.05, 4.69) is 10.2 Å². The molecule has 2 aliphatic rings. The van der Waals surface area contributed by atoms with Crippen molar-refractivity contribution in [3.63, 3.8) is 0 Å². The van der Waals surface area contributed by atoms with E-state index in [9.17, 15) is 9.59 Å². The van der Waals surface area contributed by atoms with Crippen molar-refractivity contribution >= 4 is 11.8 Å². The number of aromatic nitrogens is 3. The molecule has 1 aromatic heterocycles. The van der Waals surface area contributed by atoms with Gasteiger partial charge in [-0.1, -0.05) is 12.1 Å². The molecule has 4 rings (SSSR count). The van der Waals surface area contributed by atoms with Crippen LogP contribution in [-0.4, -0.2) is 56.5 Å². The van der Waals surface area contributed by atoms with Gasteiger partial charge in [-0.3, -0.25) is 14.2 Å². The Morgan fingerprint density at radius 1 is 1.24 bits per heavy atom. The van der Waals surface area contributed by atoms with Crippen LogP contribution in [0.1, 0.15) is 47.7 Å². The van der Waals surface area contributed by atoms with Gasteiger partial charge in [-0.2, -0.15) is 0 Å². The molecule has 2 amide bonds. The normalized spacial score (nSPS) is 20.1. The van der Waals surface area contributed by atoms with E-state index in [0.29, 0.717) is 18.7 Å². The molecule has 1 saturated heterocycles. The molecule has 0 aliphatic carbocycles. The van der Waals surface area contributed by atoms with Gasteiger partial charge < -0.3 is 9.80 Å². The van der Waals surface area contributed by atoms with Crippen LogP contribution in [0.15, 0.2) is 24.3 Å². The molecular formula is C18H21N5O2. The molecule has 3 heterocycles. The Hall–Kier alpha value is -2.70. The predicted molar refractivity (Wildman–Crippen MR) is 91.4 cm³/mol. The Morgan fingerprint density at radius 2 is 2.04 bits per heavy atom. The molecule has 0 N–H and O–H groups in total. The summed E-state index contributed by atoms with van der Waals surface area (Å²) in [6, 6.07) is 7.58. The van der Waals surface area contributed by atoms with Crippen LogP contribution in [0.4, 0.5) is 0 Å². The maximum atomic E-state index is 12.6. The van der Waals surface area contributed by atoms with Gasteiger partial charge in [0.05, 0.1) is 17.8 Å². The third-order valence-electron chi connectivity index (χ3n) is 5.09. The van der Waals surface area contributed by atoms with E-state index in [1.165, 1.54) is 0 Å². The number of hydrogen-bond donors (Lipinski definition) is 0. The van der Waals surface area contributed by atoms with Gasteiger partial charge in [-0.05, 0) is 25.0 Å². The van der Waals surface area contributed by atoms with Gasteiger partial charge in [-0.25, -0.2) is 0 Å². The average molecular weight is 339 g/mol. The van der Waals surface area contributed by atoms with E-state index in [1.807, 2.05) is 33.7 Å². The van der Waals surface area contributed by atoms with Gasteiger partial charge in [0.25, 0.3) is 5.91 Å². The summed E-state index contributed by atoms with van der Waals surface area (Å²) in [7, 11) is 1.78. The van der Waals surface area contributed by atoms with Crippen LogP contribution < -0.4 is 0 Å². The lowest BCUT2D eigenvalue weighted by molar-refractivity contribution is -0.130. The molecular weight excluding hydrogens is 318 g/mol. The second-order valence-electron chi connectivity index (χ2n) is 6.79. The monoisotopic (exact) mass is 339 g/mol. The van der Waals surface area contributed by atoms with Gasteiger partial charge in [0.1, 0.15) is 5.82 Å². The second kappa shape index (κ2) is 5.98. The van der Waals surface area contributed by atoms with Gasteiger partial charge >= 0.3 is 0 Å². The molecule has 1 unspecified atom stereocenters. The first-order chi connectivity index (χ1) is 12.1. The summed E-state index contributed by atoms with van der Waals surface area (Å²) >= 11 is 0. The fraction of sp³-hybridized carbons (Fsp3) is 0.444. The van der Waals surface area contributed by atoms with E-state index in [-0.39, 0.29) is 17.7 Å². The van der Waals surface area contributed by atoms with Crippen molar-refractivity contribution in [2.75, 3.05) is 20.1 Å². The summed E-state index contributed by atoms with van der Waals surface area (Å²) in [4.78, 5) is 28.0. The highest BCUT2D eigenvalue weighted by molar-refractivity contribution is 5.98. The standard InChI is InChI=1S/C18H21N5O2/c1-12(24)22-9-5-6-13(10-22)17-20-19-16-11-21(2)18(25)14-7-3-4-8-15(14)23(16)17/h3-4,7-8,13H,5-6,9-11H2,1-2H3. The number of para-hydroxylation sites is 1. The minimum atomic E-state index is -0.0129. The van der Waals surface area contributed by atoms with Gasteiger partial charge in [0, 0.05) is 33.0 Å². The molecule has 2 aliphatic heterocycles. The van der Waals surface area contributed by atoms with Crippen molar-refractivity contribution in [3.05, 3.63) is 41.5 Å². The number of nitrogens with zero attached hydrogens (tertiary/aromatic N) is 5. The summed E-state index contributed by atoms with van der Waals surface area (Å²) in [6.45, 7) is 3.48. The lowest BCUT2D eigenvalue weighted by Crippen LogP contribution is -2.38. The molecule has 1 aromatic carbocycles. The smallest absolute Gasteiger partial charge is 0.256 e. The molecule has 7 heteroatoms. The number of amides is 2. The SMILES string of the molecule is CC(=O)N1CCCC(c2nnc3n2-c2ccccc2C(=O)N(C)C3)C1. The fourth-order valence-electron chi connectivity index (χ4n) is 3.77. The third kappa shape index (κ3) is 2.59. The summed E-state index contributed by atoms with van der Waals surface area (Å²) in [5.41, 5.74) is 1.48. The first kappa shape index (κ1) is 15.8. The molecule has 0 spiro atoms. The minimum Gasteiger partial charge on any atom is -0.342 e. The van der Waals surface area contributed by atoms with Gasteiger partial charge in [0.2, 0.25) is 5.91 Å². The molecule has 1 atom stereocenters. The molecule has 7 nitrogen and oxygen atoms in total. The largest absolute Gasteiger partial charge is 0.342 e. The van der Waals surface area contributed by atoms with Crippen molar-refractivity contribution in [1.29, 1.82) is 0 Å². The molecule has 2 aromatic rings. The van der Waals surface area contributed by atoms with Crippen LogP contribution in [-0.2, 0) is 11.3 Å². The summed E-state index contributed by atoms with van der Waals surface area (Å²) in [6.07, 6.45) is 1.92. The number of carbonyl (C=O) groups excluding carboxylic acids is 2. The lowest BCUT2D eigenvalue weighted by atomic mass is 9.96. The first-order valence-electron chi connectivity index (χ1n) is 8.61. The van der Waals surface area contributed by atoms with Crippen LogP contribution in [0, 0.1) is 0 Å². The number of piperidine rings is 1. The van der Waals surface area contributed by atoms with Crippen LogP contribution in [0.3, 0.4) is 0 Å². The lowest BCUT2D eigenvalue weighted by Gasteiger charge is -2.31. The van der Waals surface area contributed by atoms with E-state index >= 15 is 0 Å². The van der Waals surface area contributed by atoms with Crippen molar-refractivity contribution in [2.45, 2.75) is 32.2 Å². The molecule has 0 bridgehead atoms.